The minimum Gasteiger partial charge on any atom is -0.468 e. The van der Waals surface area contributed by atoms with Crippen LogP contribution in [0.5, 0.6) is 0 Å². The number of amides is 1. The fourth-order valence-corrected chi connectivity index (χ4v) is 6.96. The normalized spacial score (nSPS) is 11.5. The summed E-state index contributed by atoms with van der Waals surface area (Å²) in [5.41, 5.74) is 0. The molecule has 1 heterocycles. The van der Waals surface area contributed by atoms with Gasteiger partial charge in [0.15, 0.2) is 0 Å². The summed E-state index contributed by atoms with van der Waals surface area (Å²) in [7, 11) is 1.77. The minimum atomic E-state index is -0.408. The van der Waals surface area contributed by atoms with Gasteiger partial charge in [0.05, 0.1) is 58.6 Å². The van der Waals surface area contributed by atoms with Crippen molar-refractivity contribution in [2.45, 2.75) is 324 Å². The number of aldehydes is 2. The van der Waals surface area contributed by atoms with Crippen LogP contribution in [-0.2, 0) is 57.2 Å². The number of carbonyl (C=O) groups excluding carboxylic acids is 7. The molecule has 16 nitrogen and oxygen atoms in total. The van der Waals surface area contributed by atoms with Gasteiger partial charge < -0.3 is 42.9 Å². The Kier molecular flexibility index (Phi) is 116. The molecule has 2 unspecified atom stereocenters. The highest BCUT2D eigenvalue weighted by Crippen LogP contribution is 2.19. The third kappa shape index (κ3) is 93.7. The molecule has 0 aliphatic carbocycles. The monoisotopic (exact) mass is 1250 g/mol. The summed E-state index contributed by atoms with van der Waals surface area (Å²) in [6.07, 6.45) is 36.0. The van der Waals surface area contributed by atoms with Gasteiger partial charge in [0.2, 0.25) is 0 Å². The van der Waals surface area contributed by atoms with Gasteiger partial charge in [0, 0.05) is 26.2 Å². The van der Waals surface area contributed by atoms with Gasteiger partial charge in [-0.2, -0.15) is 0 Å². The van der Waals surface area contributed by atoms with E-state index in [1.807, 2.05) is 90.0 Å². The molecular weight excluding hydrogens is 1100 g/mol. The second-order valence-electron chi connectivity index (χ2n) is 20.2. The maximum Gasteiger partial charge on any atom is 0.410 e. The van der Waals surface area contributed by atoms with E-state index in [0.29, 0.717) is 59.1 Å². The maximum absolute atomic E-state index is 12.1. The molecule has 0 spiro atoms. The number of hydrogen-bond acceptors (Lipinski definition) is 15. The Hall–Kier alpha value is -3.63. The van der Waals surface area contributed by atoms with Crippen molar-refractivity contribution in [3.8, 4) is 0 Å². The van der Waals surface area contributed by atoms with E-state index in [1.54, 1.807) is 21.8 Å². The zero-order valence-corrected chi connectivity index (χ0v) is 61.2. The number of carbonyl (C=O) groups is 7. The highest BCUT2D eigenvalue weighted by Gasteiger charge is 2.34. The van der Waals surface area contributed by atoms with Crippen LogP contribution < -0.4 is 0 Å². The number of esters is 3. The quantitative estimate of drug-likeness (QED) is 0.0242. The predicted octanol–water partition coefficient (Wildman–Crippen LogP) is 18.4. The second-order valence-corrected chi connectivity index (χ2v) is 20.2. The zero-order chi connectivity index (χ0) is 68.3. The molecule has 1 amide bonds. The standard InChI is InChI=1S/C22H40N2O6.C14H27NO3.C9H18O2.C9H20O.C5H10O.C4H10.4C2H6/c1-4-7-8-9-10-11-15-28-20(25)16-23(6-3)17-21(26)30-18-19-12-13-24(19)22(27)29-14-5-2;1-3-5-6-7-8-9-12-18-14(17)13-15(4-2)10-11-16;1-2-3-4-5-6-7-8-11-9-10;1-3-4-5-6-7-8-9-10-2;1-3-5(2)4-6;1-3-4-2;4*1-2/h19H,4-18H2,1-3H3;11H,3-10,12-13H2,1-2H3;9H,2-8H2,1H3;3-9H2,1-2H3;4-5H,3H2,1-2H3;3-4H2,1-2H3;4*1-2H3. The van der Waals surface area contributed by atoms with Gasteiger partial charge in [0.25, 0.3) is 6.47 Å². The third-order valence-electron chi connectivity index (χ3n) is 12.8. The van der Waals surface area contributed by atoms with Crippen LogP contribution in [0, 0.1) is 5.92 Å². The van der Waals surface area contributed by atoms with Gasteiger partial charge in [-0.05, 0) is 58.0 Å². The first-order chi connectivity index (χ1) is 42.3. The molecule has 526 valence electrons. The first kappa shape index (κ1) is 102. The predicted molar refractivity (Wildman–Crippen MR) is 369 cm³/mol. The lowest BCUT2D eigenvalue weighted by Gasteiger charge is -2.39. The van der Waals surface area contributed by atoms with Crippen LogP contribution in [0.2, 0.25) is 0 Å². The number of ether oxygens (including phenoxy) is 6. The average Bonchev–Trinajstić information content (AvgIpc) is 2.81. The highest BCUT2D eigenvalue weighted by atomic mass is 16.6. The second kappa shape index (κ2) is 98.6. The van der Waals surface area contributed by atoms with Crippen molar-refractivity contribution in [3.05, 3.63) is 0 Å². The number of methoxy groups -OCH3 is 1. The summed E-state index contributed by atoms with van der Waals surface area (Å²) in [5.74, 6) is -0.700. The van der Waals surface area contributed by atoms with Crippen LogP contribution in [0.4, 0.5) is 4.79 Å². The molecule has 0 N–H and O–H groups in total. The number of rotatable bonds is 46. The van der Waals surface area contributed by atoms with Gasteiger partial charge in [-0.25, -0.2) is 4.79 Å². The third-order valence-corrected chi connectivity index (χ3v) is 12.8. The van der Waals surface area contributed by atoms with E-state index in [0.717, 1.165) is 70.5 Å². The molecule has 0 aromatic carbocycles. The van der Waals surface area contributed by atoms with Crippen LogP contribution in [0.15, 0.2) is 0 Å². The lowest BCUT2D eigenvalue weighted by Crippen LogP contribution is -2.54. The Morgan fingerprint density at radius 1 is 0.448 bits per heavy atom. The van der Waals surface area contributed by atoms with Crippen molar-refractivity contribution in [1.29, 1.82) is 0 Å². The summed E-state index contributed by atoms with van der Waals surface area (Å²) < 4.78 is 30.3. The largest absolute Gasteiger partial charge is 0.468 e. The van der Waals surface area contributed by atoms with Gasteiger partial charge >= 0.3 is 24.0 Å². The minimum absolute atomic E-state index is 0.0234. The van der Waals surface area contributed by atoms with Gasteiger partial charge in [0.1, 0.15) is 19.2 Å². The maximum atomic E-state index is 12.1. The van der Waals surface area contributed by atoms with Crippen LogP contribution in [-0.4, -0.2) is 156 Å². The van der Waals surface area contributed by atoms with Gasteiger partial charge in [-0.1, -0.05) is 273 Å². The van der Waals surface area contributed by atoms with Crippen molar-refractivity contribution in [3.63, 3.8) is 0 Å². The molecular formula is C71H149N3O13. The first-order valence-electron chi connectivity index (χ1n) is 35.6. The van der Waals surface area contributed by atoms with Crippen LogP contribution in [0.3, 0.4) is 0 Å². The molecule has 1 saturated heterocycles. The summed E-state index contributed by atoms with van der Waals surface area (Å²) in [5, 5.41) is 0. The number of likely N-dealkylation sites (N-methyl/N-ethyl adjacent to an activating group) is 2. The molecule has 0 aromatic heterocycles. The van der Waals surface area contributed by atoms with Crippen LogP contribution in [0.25, 0.3) is 0 Å². The molecule has 0 saturated carbocycles. The number of nitrogens with zero attached hydrogens (tertiary/aromatic N) is 3. The molecule has 0 bridgehead atoms. The zero-order valence-electron chi connectivity index (χ0n) is 61.2. The molecule has 1 aliphatic heterocycles. The number of unbranched alkanes of at least 4 members (excludes halogenated alkanes) is 21. The SMILES string of the molecule is CC.CC.CC.CC.CCC(C)C=O.CCCC.CCCCCCCCOC.CCCCCCCCOC(=O)CN(CC)CC(=O)OCC1CCN1C(=O)OCCC.CCCCCCCCOC(=O)CN(CC)CC=O.CCCCCCCCOC=O. The highest BCUT2D eigenvalue weighted by molar-refractivity contribution is 5.75. The Morgan fingerprint density at radius 3 is 1.11 bits per heavy atom. The van der Waals surface area contributed by atoms with Gasteiger partial charge in [-0.3, -0.25) is 29.0 Å². The smallest absolute Gasteiger partial charge is 0.410 e. The van der Waals surface area contributed by atoms with Crippen LogP contribution in [0.1, 0.15) is 318 Å². The topological polar surface area (TPSA) is 185 Å². The lowest BCUT2D eigenvalue weighted by atomic mass is 10.1. The van der Waals surface area contributed by atoms with Gasteiger partial charge in [-0.15, -0.1) is 0 Å². The first-order valence-corrected chi connectivity index (χ1v) is 35.6. The Bertz CT molecular complexity index is 1300. The Balaban J connectivity index is -0.000000130. The molecule has 0 radical (unpaired) electrons. The van der Waals surface area contributed by atoms with Crippen molar-refractivity contribution in [2.24, 2.45) is 5.92 Å². The van der Waals surface area contributed by atoms with E-state index in [9.17, 15) is 33.6 Å². The van der Waals surface area contributed by atoms with E-state index < -0.39 is 5.97 Å². The lowest BCUT2D eigenvalue weighted by molar-refractivity contribution is -0.150. The summed E-state index contributed by atoms with van der Waals surface area (Å²) in [6, 6.07) is -0.129. The average molecular weight is 1250 g/mol. The summed E-state index contributed by atoms with van der Waals surface area (Å²) in [6.45, 7) is 44.8. The van der Waals surface area contributed by atoms with E-state index in [-0.39, 0.29) is 56.2 Å². The van der Waals surface area contributed by atoms with Crippen molar-refractivity contribution in [2.75, 3.05) is 92.6 Å². The van der Waals surface area contributed by atoms with E-state index >= 15 is 0 Å². The van der Waals surface area contributed by atoms with E-state index in [4.69, 9.17) is 23.7 Å². The van der Waals surface area contributed by atoms with E-state index in [1.165, 1.54) is 135 Å². The molecule has 1 fully saturated rings. The molecule has 0 aromatic rings. The number of hydrogen-bond donors (Lipinski definition) is 0. The molecule has 87 heavy (non-hydrogen) atoms. The Labute approximate surface area is 539 Å². The van der Waals surface area contributed by atoms with Crippen molar-refractivity contribution in [1.82, 2.24) is 14.7 Å². The molecule has 1 aliphatic rings. The van der Waals surface area contributed by atoms with Crippen molar-refractivity contribution < 1.29 is 62.0 Å². The molecule has 16 heteroatoms. The summed E-state index contributed by atoms with van der Waals surface area (Å²) in [4.78, 5) is 82.2. The van der Waals surface area contributed by atoms with E-state index in [2.05, 4.69) is 46.3 Å². The molecule has 1 rings (SSSR count). The fraction of sp³-hybridized carbons (Fsp3) is 0.901. The number of likely N-dealkylation sites (tertiary alicyclic amines) is 1. The fourth-order valence-electron chi connectivity index (χ4n) is 6.96. The molecule has 2 atom stereocenters. The summed E-state index contributed by atoms with van der Waals surface area (Å²) >= 11 is 0. The van der Waals surface area contributed by atoms with Crippen LogP contribution >= 0.6 is 0 Å². The van der Waals surface area contributed by atoms with Crippen molar-refractivity contribution >= 4 is 43.0 Å². The Morgan fingerprint density at radius 2 is 0.816 bits per heavy atom.